The van der Waals surface area contributed by atoms with Crippen molar-refractivity contribution in [3.05, 3.63) is 48.4 Å². The lowest BCUT2D eigenvalue weighted by Gasteiger charge is -2.32. The molecule has 3 rings (SSSR count). The zero-order valence-electron chi connectivity index (χ0n) is 13.3. The van der Waals surface area contributed by atoms with Crippen LogP contribution in [0, 0.1) is 5.82 Å². The first kappa shape index (κ1) is 15.2. The summed E-state index contributed by atoms with van der Waals surface area (Å²) in [5.41, 5.74) is 1.82. The molecule has 22 heavy (non-hydrogen) atoms. The van der Waals surface area contributed by atoms with Crippen molar-refractivity contribution < 1.29 is 13.7 Å². The number of hydrogen-bond donors (Lipinski definition) is 0. The molecule has 1 aromatic carbocycles. The Morgan fingerprint density at radius 2 is 1.68 bits per heavy atom. The molecule has 2 aromatic rings. The Hall–Kier alpha value is -1.72. The average Bonchev–Trinajstić information content (AvgIpc) is 2.68. The molecule has 0 bridgehead atoms. The van der Waals surface area contributed by atoms with E-state index in [1.54, 1.807) is 6.07 Å². The summed E-state index contributed by atoms with van der Waals surface area (Å²) in [6, 6.07) is 10.9. The highest BCUT2D eigenvalue weighted by atomic mass is 19.1. The summed E-state index contributed by atoms with van der Waals surface area (Å²) in [6.07, 6.45) is 1.22. The van der Waals surface area contributed by atoms with Gasteiger partial charge in [-0.3, -0.25) is 4.98 Å². The minimum absolute atomic E-state index is 0.342. The smallest absolute Gasteiger partial charge is 0.399 e. The van der Waals surface area contributed by atoms with Gasteiger partial charge >= 0.3 is 7.12 Å². The maximum absolute atomic E-state index is 13.0. The molecule has 3 nitrogen and oxygen atoms in total. The third kappa shape index (κ3) is 2.66. The van der Waals surface area contributed by atoms with E-state index < -0.39 is 7.12 Å². The van der Waals surface area contributed by atoms with Crippen LogP contribution in [-0.2, 0) is 9.31 Å². The number of benzene rings is 1. The van der Waals surface area contributed by atoms with Crippen LogP contribution in [-0.4, -0.2) is 23.3 Å². The molecule has 114 valence electrons. The molecule has 0 N–H and O–H groups in total. The van der Waals surface area contributed by atoms with E-state index >= 15 is 0 Å². The summed E-state index contributed by atoms with van der Waals surface area (Å²) in [5, 5.41) is 0. The summed E-state index contributed by atoms with van der Waals surface area (Å²) in [4.78, 5) is 4.12. The molecule has 1 aliphatic rings. The number of aromatic nitrogens is 1. The number of nitrogens with zero attached hydrogens (tertiary/aromatic N) is 1. The van der Waals surface area contributed by atoms with Gasteiger partial charge in [0.1, 0.15) is 5.82 Å². The lowest BCUT2D eigenvalue weighted by molar-refractivity contribution is 0.00578. The van der Waals surface area contributed by atoms with E-state index in [1.807, 2.05) is 52.0 Å². The van der Waals surface area contributed by atoms with Gasteiger partial charge in [0.25, 0.3) is 0 Å². The first-order chi connectivity index (χ1) is 10.3. The van der Waals surface area contributed by atoms with Crippen molar-refractivity contribution in [3.8, 4) is 11.3 Å². The predicted molar refractivity (Wildman–Crippen MR) is 85.3 cm³/mol. The van der Waals surface area contributed by atoms with Crippen LogP contribution >= 0.6 is 0 Å². The van der Waals surface area contributed by atoms with Crippen molar-refractivity contribution in [2.24, 2.45) is 0 Å². The Morgan fingerprint density at radius 1 is 1.00 bits per heavy atom. The molecule has 1 aromatic heterocycles. The molecule has 0 saturated carbocycles. The van der Waals surface area contributed by atoms with E-state index in [9.17, 15) is 4.39 Å². The van der Waals surface area contributed by atoms with Gasteiger partial charge in [0.15, 0.2) is 0 Å². The Labute approximate surface area is 130 Å². The van der Waals surface area contributed by atoms with Gasteiger partial charge in [-0.15, -0.1) is 0 Å². The van der Waals surface area contributed by atoms with Gasteiger partial charge < -0.3 is 9.31 Å². The van der Waals surface area contributed by atoms with E-state index in [4.69, 9.17) is 9.31 Å². The standard InChI is InChI=1S/C17H19BFNO2/c1-16(2)17(3,4)22-18(21-16)13-7-5-6-12(10-13)15-9-8-14(19)11-20-15/h5-11H,1-4H3. The SMILES string of the molecule is CC1(C)OB(c2cccc(-c3ccc(F)cn3)c2)OC1(C)C. The minimum atomic E-state index is -0.412. The predicted octanol–water partition coefficient (Wildman–Crippen LogP) is 3.19. The summed E-state index contributed by atoms with van der Waals surface area (Å²) in [7, 11) is -0.412. The molecule has 0 atom stereocenters. The second kappa shape index (κ2) is 5.18. The maximum atomic E-state index is 13.0. The van der Waals surface area contributed by atoms with Crippen LogP contribution in [0.1, 0.15) is 27.7 Å². The van der Waals surface area contributed by atoms with Gasteiger partial charge in [-0.25, -0.2) is 4.39 Å². The molecule has 0 aliphatic carbocycles. The van der Waals surface area contributed by atoms with E-state index in [1.165, 1.54) is 12.3 Å². The zero-order valence-corrected chi connectivity index (χ0v) is 13.3. The Kier molecular flexibility index (Phi) is 3.58. The fraction of sp³-hybridized carbons (Fsp3) is 0.353. The molecule has 0 unspecified atom stereocenters. The van der Waals surface area contributed by atoms with Crippen LogP contribution in [0.25, 0.3) is 11.3 Å². The van der Waals surface area contributed by atoms with E-state index in [2.05, 4.69) is 4.98 Å². The molecular formula is C17H19BFNO2. The highest BCUT2D eigenvalue weighted by Crippen LogP contribution is 2.36. The molecular weight excluding hydrogens is 280 g/mol. The summed E-state index contributed by atoms with van der Waals surface area (Å²) >= 11 is 0. The number of hydrogen-bond acceptors (Lipinski definition) is 3. The van der Waals surface area contributed by atoms with Crippen LogP contribution in [0.2, 0.25) is 0 Å². The van der Waals surface area contributed by atoms with Crippen LogP contribution in [0.5, 0.6) is 0 Å². The normalized spacial score (nSPS) is 19.4. The van der Waals surface area contributed by atoms with E-state index in [0.717, 1.165) is 16.7 Å². The first-order valence-corrected chi connectivity index (χ1v) is 7.36. The highest BCUT2D eigenvalue weighted by molar-refractivity contribution is 6.62. The molecule has 5 heteroatoms. The number of halogens is 1. The Morgan fingerprint density at radius 3 is 2.27 bits per heavy atom. The summed E-state index contributed by atoms with van der Waals surface area (Å²) < 4.78 is 25.1. The third-order valence-corrected chi connectivity index (χ3v) is 4.44. The zero-order chi connectivity index (χ0) is 16.0. The fourth-order valence-electron chi connectivity index (χ4n) is 2.37. The summed E-state index contributed by atoms with van der Waals surface area (Å²) in [5.74, 6) is -0.342. The van der Waals surface area contributed by atoms with Crippen molar-refractivity contribution >= 4 is 12.6 Å². The number of pyridine rings is 1. The van der Waals surface area contributed by atoms with Crippen molar-refractivity contribution in [3.63, 3.8) is 0 Å². The van der Waals surface area contributed by atoms with Crippen molar-refractivity contribution in [1.29, 1.82) is 0 Å². The third-order valence-electron chi connectivity index (χ3n) is 4.44. The van der Waals surface area contributed by atoms with Gasteiger partial charge in [0.2, 0.25) is 0 Å². The number of rotatable bonds is 2. The molecule has 0 radical (unpaired) electrons. The first-order valence-electron chi connectivity index (χ1n) is 7.36. The van der Waals surface area contributed by atoms with E-state index in [-0.39, 0.29) is 17.0 Å². The second-order valence-corrected chi connectivity index (χ2v) is 6.58. The molecule has 2 heterocycles. The van der Waals surface area contributed by atoms with E-state index in [0.29, 0.717) is 0 Å². The monoisotopic (exact) mass is 299 g/mol. The lowest BCUT2D eigenvalue weighted by Crippen LogP contribution is -2.41. The maximum Gasteiger partial charge on any atom is 0.494 e. The molecule has 0 spiro atoms. The van der Waals surface area contributed by atoms with Crippen molar-refractivity contribution in [2.75, 3.05) is 0 Å². The molecule has 1 fully saturated rings. The van der Waals surface area contributed by atoms with Gasteiger partial charge in [-0.05, 0) is 50.9 Å². The minimum Gasteiger partial charge on any atom is -0.399 e. The molecule has 1 aliphatic heterocycles. The lowest BCUT2D eigenvalue weighted by atomic mass is 9.78. The molecule has 1 saturated heterocycles. The van der Waals surface area contributed by atoms with Gasteiger partial charge in [-0.2, -0.15) is 0 Å². The Balaban J connectivity index is 1.91. The average molecular weight is 299 g/mol. The summed E-state index contributed by atoms with van der Waals surface area (Å²) in [6.45, 7) is 8.10. The highest BCUT2D eigenvalue weighted by Gasteiger charge is 2.51. The van der Waals surface area contributed by atoms with Crippen molar-refractivity contribution in [2.45, 2.75) is 38.9 Å². The van der Waals surface area contributed by atoms with Crippen LogP contribution in [0.4, 0.5) is 4.39 Å². The fourth-order valence-corrected chi connectivity index (χ4v) is 2.37. The van der Waals surface area contributed by atoms with Crippen LogP contribution < -0.4 is 5.46 Å². The quantitative estimate of drug-likeness (QED) is 0.798. The van der Waals surface area contributed by atoms with Gasteiger partial charge in [0.05, 0.1) is 23.1 Å². The largest absolute Gasteiger partial charge is 0.494 e. The second-order valence-electron chi connectivity index (χ2n) is 6.58. The van der Waals surface area contributed by atoms with Gasteiger partial charge in [-0.1, -0.05) is 24.3 Å². The Bertz CT molecular complexity index is 669. The van der Waals surface area contributed by atoms with Gasteiger partial charge in [0, 0.05) is 0 Å². The van der Waals surface area contributed by atoms with Crippen LogP contribution in [0.15, 0.2) is 42.6 Å². The van der Waals surface area contributed by atoms with Crippen LogP contribution in [0.3, 0.4) is 0 Å². The van der Waals surface area contributed by atoms with Crippen molar-refractivity contribution in [1.82, 2.24) is 4.98 Å². The topological polar surface area (TPSA) is 31.4 Å². The molecule has 0 amide bonds.